The quantitative estimate of drug-likeness (QED) is 0.876. The predicted molar refractivity (Wildman–Crippen MR) is 81.2 cm³/mol. The smallest absolute Gasteiger partial charge is 0.119 e. The zero-order chi connectivity index (χ0) is 14.4. The molecule has 0 heterocycles. The van der Waals surface area contributed by atoms with Gasteiger partial charge in [0.15, 0.2) is 0 Å². The highest BCUT2D eigenvalue weighted by Gasteiger charge is 2.07. The van der Waals surface area contributed by atoms with Crippen LogP contribution in [-0.4, -0.2) is 13.7 Å². The Morgan fingerprint density at radius 1 is 0.950 bits per heavy atom. The van der Waals surface area contributed by atoms with Crippen LogP contribution in [0.25, 0.3) is 0 Å². The Labute approximate surface area is 120 Å². The maximum atomic E-state index is 6.24. The Balaban J connectivity index is 2.00. The number of hydrogen-bond acceptors (Lipinski definition) is 3. The second-order valence-electron chi connectivity index (χ2n) is 4.66. The van der Waals surface area contributed by atoms with Crippen LogP contribution in [0.3, 0.4) is 0 Å². The van der Waals surface area contributed by atoms with Gasteiger partial charge in [-0.3, -0.25) is 0 Å². The molecule has 2 rings (SSSR count). The molecule has 0 fully saturated rings. The number of nitrogens with two attached hydrogens (primary N) is 1. The molecule has 0 amide bonds. The minimum atomic E-state index is -0.0150. The summed E-state index contributed by atoms with van der Waals surface area (Å²) in [5.41, 5.74) is 8.56. The highest BCUT2D eigenvalue weighted by molar-refractivity contribution is 5.32. The van der Waals surface area contributed by atoms with Gasteiger partial charge in [-0.25, -0.2) is 0 Å². The summed E-state index contributed by atoms with van der Waals surface area (Å²) in [6, 6.07) is 16.0. The number of methoxy groups -OCH3 is 1. The first-order valence-corrected chi connectivity index (χ1v) is 6.84. The molecule has 1 unspecified atom stereocenters. The van der Waals surface area contributed by atoms with E-state index in [2.05, 4.69) is 12.1 Å². The van der Waals surface area contributed by atoms with E-state index in [1.54, 1.807) is 7.11 Å². The van der Waals surface area contributed by atoms with Crippen molar-refractivity contribution in [2.45, 2.75) is 19.4 Å². The fourth-order valence-electron chi connectivity index (χ4n) is 2.11. The van der Waals surface area contributed by atoms with Crippen molar-refractivity contribution in [1.82, 2.24) is 0 Å². The van der Waals surface area contributed by atoms with Crippen LogP contribution in [0.2, 0.25) is 0 Å². The molecule has 0 aromatic heterocycles. The van der Waals surface area contributed by atoms with Gasteiger partial charge in [-0.05, 0) is 48.7 Å². The van der Waals surface area contributed by atoms with E-state index in [1.165, 1.54) is 5.56 Å². The van der Waals surface area contributed by atoms with Gasteiger partial charge in [0.25, 0.3) is 0 Å². The summed E-state index contributed by atoms with van der Waals surface area (Å²) >= 11 is 0. The molecule has 0 bridgehead atoms. The van der Waals surface area contributed by atoms with E-state index in [-0.39, 0.29) is 6.04 Å². The van der Waals surface area contributed by atoms with Gasteiger partial charge in [0.05, 0.1) is 13.7 Å². The molecule has 3 nitrogen and oxygen atoms in total. The lowest BCUT2D eigenvalue weighted by atomic mass is 9.99. The largest absolute Gasteiger partial charge is 0.497 e. The lowest BCUT2D eigenvalue weighted by Gasteiger charge is -2.13. The maximum absolute atomic E-state index is 6.24. The normalized spacial score (nSPS) is 11.9. The molecule has 3 heteroatoms. The van der Waals surface area contributed by atoms with Crippen LogP contribution in [0.5, 0.6) is 11.5 Å². The molecular weight excluding hydrogens is 250 g/mol. The average Bonchev–Trinajstić information content (AvgIpc) is 2.49. The van der Waals surface area contributed by atoms with Gasteiger partial charge in [0.1, 0.15) is 11.5 Å². The van der Waals surface area contributed by atoms with Crippen LogP contribution in [0, 0.1) is 0 Å². The van der Waals surface area contributed by atoms with E-state index < -0.39 is 0 Å². The summed E-state index contributed by atoms with van der Waals surface area (Å²) in [5, 5.41) is 0. The van der Waals surface area contributed by atoms with Crippen LogP contribution in [0.15, 0.2) is 48.5 Å². The molecule has 0 spiro atoms. The SMILES string of the molecule is CCOc1ccc(CC(N)c2ccc(OC)cc2)cc1. The first-order valence-electron chi connectivity index (χ1n) is 6.84. The fraction of sp³-hybridized carbons (Fsp3) is 0.294. The third kappa shape index (κ3) is 3.75. The third-order valence-corrected chi connectivity index (χ3v) is 3.23. The topological polar surface area (TPSA) is 44.5 Å². The van der Waals surface area contributed by atoms with Crippen molar-refractivity contribution >= 4 is 0 Å². The Morgan fingerprint density at radius 2 is 1.55 bits per heavy atom. The van der Waals surface area contributed by atoms with Crippen LogP contribution in [0.1, 0.15) is 24.1 Å². The Bertz CT molecular complexity index is 520. The molecule has 0 saturated carbocycles. The molecule has 0 aliphatic rings. The predicted octanol–water partition coefficient (Wildman–Crippen LogP) is 3.34. The van der Waals surface area contributed by atoms with Crippen LogP contribution >= 0.6 is 0 Å². The average molecular weight is 271 g/mol. The number of benzene rings is 2. The van der Waals surface area contributed by atoms with Gasteiger partial charge in [-0.15, -0.1) is 0 Å². The molecule has 2 aromatic rings. The minimum Gasteiger partial charge on any atom is -0.497 e. The lowest BCUT2D eigenvalue weighted by Crippen LogP contribution is -2.13. The molecule has 0 saturated heterocycles. The van der Waals surface area contributed by atoms with E-state index >= 15 is 0 Å². The van der Waals surface area contributed by atoms with Crippen LogP contribution in [-0.2, 0) is 6.42 Å². The summed E-state index contributed by atoms with van der Waals surface area (Å²) in [4.78, 5) is 0. The summed E-state index contributed by atoms with van der Waals surface area (Å²) in [6.07, 6.45) is 0.804. The van der Waals surface area contributed by atoms with Crippen molar-refractivity contribution in [2.75, 3.05) is 13.7 Å². The summed E-state index contributed by atoms with van der Waals surface area (Å²) < 4.78 is 10.6. The van der Waals surface area contributed by atoms with Crippen molar-refractivity contribution < 1.29 is 9.47 Å². The molecule has 1 atom stereocenters. The molecule has 2 N–H and O–H groups in total. The summed E-state index contributed by atoms with van der Waals surface area (Å²) in [5.74, 6) is 1.75. The molecule has 0 radical (unpaired) electrons. The van der Waals surface area contributed by atoms with Crippen molar-refractivity contribution in [2.24, 2.45) is 5.73 Å². The van der Waals surface area contributed by atoms with Gasteiger partial charge in [0.2, 0.25) is 0 Å². The molecular formula is C17H21NO2. The lowest BCUT2D eigenvalue weighted by molar-refractivity contribution is 0.340. The third-order valence-electron chi connectivity index (χ3n) is 3.23. The van der Waals surface area contributed by atoms with E-state index in [4.69, 9.17) is 15.2 Å². The molecule has 0 aliphatic carbocycles. The van der Waals surface area contributed by atoms with Crippen LogP contribution < -0.4 is 15.2 Å². The van der Waals surface area contributed by atoms with E-state index in [0.29, 0.717) is 6.61 Å². The number of rotatable bonds is 6. The van der Waals surface area contributed by atoms with E-state index in [9.17, 15) is 0 Å². The number of hydrogen-bond donors (Lipinski definition) is 1. The highest BCUT2D eigenvalue weighted by atomic mass is 16.5. The second-order valence-corrected chi connectivity index (χ2v) is 4.66. The molecule has 0 aliphatic heterocycles. The standard InChI is InChI=1S/C17H21NO2/c1-3-20-16-8-4-13(5-9-16)12-17(18)14-6-10-15(19-2)11-7-14/h4-11,17H,3,12,18H2,1-2H3. The van der Waals surface area contributed by atoms with Gasteiger partial charge in [0, 0.05) is 6.04 Å². The first-order chi connectivity index (χ1) is 9.72. The highest BCUT2D eigenvalue weighted by Crippen LogP contribution is 2.20. The van der Waals surface area contributed by atoms with E-state index in [1.807, 2.05) is 43.3 Å². The van der Waals surface area contributed by atoms with Gasteiger partial charge in [-0.2, -0.15) is 0 Å². The van der Waals surface area contributed by atoms with Gasteiger partial charge < -0.3 is 15.2 Å². The minimum absolute atomic E-state index is 0.0150. The van der Waals surface area contributed by atoms with Gasteiger partial charge in [-0.1, -0.05) is 24.3 Å². The van der Waals surface area contributed by atoms with Crippen molar-refractivity contribution in [1.29, 1.82) is 0 Å². The summed E-state index contributed by atoms with van der Waals surface area (Å²) in [7, 11) is 1.66. The van der Waals surface area contributed by atoms with Crippen molar-refractivity contribution in [3.63, 3.8) is 0 Å². The Morgan fingerprint density at radius 3 is 2.10 bits per heavy atom. The van der Waals surface area contributed by atoms with E-state index in [0.717, 1.165) is 23.5 Å². The fourth-order valence-corrected chi connectivity index (χ4v) is 2.11. The second kappa shape index (κ2) is 6.96. The zero-order valence-corrected chi connectivity index (χ0v) is 12.0. The monoisotopic (exact) mass is 271 g/mol. The number of ether oxygens (including phenoxy) is 2. The maximum Gasteiger partial charge on any atom is 0.119 e. The Hall–Kier alpha value is -2.00. The first kappa shape index (κ1) is 14.4. The molecule has 20 heavy (non-hydrogen) atoms. The molecule has 106 valence electrons. The zero-order valence-electron chi connectivity index (χ0n) is 12.0. The van der Waals surface area contributed by atoms with Crippen molar-refractivity contribution in [3.05, 3.63) is 59.7 Å². The van der Waals surface area contributed by atoms with Crippen molar-refractivity contribution in [3.8, 4) is 11.5 Å². The Kier molecular flexibility index (Phi) is 5.02. The molecule has 2 aromatic carbocycles. The summed E-state index contributed by atoms with van der Waals surface area (Å²) in [6.45, 7) is 2.66. The van der Waals surface area contributed by atoms with Crippen LogP contribution in [0.4, 0.5) is 0 Å². The van der Waals surface area contributed by atoms with Gasteiger partial charge >= 0.3 is 0 Å².